The van der Waals surface area contributed by atoms with E-state index < -0.39 is 57.6 Å². The van der Waals surface area contributed by atoms with E-state index in [2.05, 4.69) is 0 Å². The fraction of sp³-hybridized carbons (Fsp3) is 0.571. The summed E-state index contributed by atoms with van der Waals surface area (Å²) in [5.74, 6) is -4.04. The molecule has 2 aliphatic rings. The van der Waals surface area contributed by atoms with Crippen LogP contribution in [0.25, 0.3) is 0 Å². The Balaban J connectivity index is 1.59. The molecule has 2 N–H and O–H groups in total. The van der Waals surface area contributed by atoms with Gasteiger partial charge in [0, 0.05) is 13.2 Å². The van der Waals surface area contributed by atoms with Gasteiger partial charge in [0.1, 0.15) is 6.10 Å². The van der Waals surface area contributed by atoms with Gasteiger partial charge in [0.25, 0.3) is 5.79 Å². The zero-order valence-electron chi connectivity index (χ0n) is 22.2. The first-order valence-electron chi connectivity index (χ1n) is 13.5. The van der Waals surface area contributed by atoms with E-state index in [1.54, 1.807) is 60.7 Å². The molecule has 0 bridgehead atoms. The molecule has 2 aromatic carbocycles. The van der Waals surface area contributed by atoms with Crippen molar-refractivity contribution in [2.75, 3.05) is 19.8 Å². The quantitative estimate of drug-likeness (QED) is 0.224. The summed E-state index contributed by atoms with van der Waals surface area (Å²) in [4.78, 5) is 0. The Morgan fingerprint density at radius 2 is 1.32 bits per heavy atom. The Kier molecular flexibility index (Phi) is 11.2. The zero-order valence-corrected chi connectivity index (χ0v) is 23.1. The molecule has 0 spiro atoms. The van der Waals surface area contributed by atoms with E-state index in [-0.39, 0.29) is 0 Å². The minimum Gasteiger partial charge on any atom is -0.358 e. The predicted octanol–water partition coefficient (Wildman–Crippen LogP) is 5.34. The van der Waals surface area contributed by atoms with Crippen LogP contribution in [0.2, 0.25) is 0 Å². The first-order chi connectivity index (χ1) is 19.2. The highest BCUT2D eigenvalue weighted by atomic mass is 31.2. The highest BCUT2D eigenvalue weighted by Crippen LogP contribution is 2.66. The van der Waals surface area contributed by atoms with Gasteiger partial charge in [-0.15, -0.1) is 0 Å². The Morgan fingerprint density at radius 3 is 1.80 bits per heavy atom. The normalized spacial score (nSPS) is 21.7. The number of aliphatic hydroxyl groups is 2. The number of ether oxygens (including phenoxy) is 4. The van der Waals surface area contributed by atoms with Crippen LogP contribution in [0.15, 0.2) is 60.7 Å². The standard InChI is InChI=1S/C28H37F2O9P/c29-28(30,40(33,37-19-22-11-3-1-4-12-22)38-20-23-13-5-2-6-14-23)27(31,32)24(39-26-16-8-10-18-35-26)21-36-25-15-7-9-17-34-25/h1-6,11-14,24-26,31-32H,7-10,15-21H2. The van der Waals surface area contributed by atoms with Crippen molar-refractivity contribution >= 4 is 7.60 Å². The summed E-state index contributed by atoms with van der Waals surface area (Å²) in [6.45, 7) is -0.991. The third-order valence-corrected chi connectivity index (χ3v) is 8.70. The molecular weight excluding hydrogens is 549 g/mol. The fourth-order valence-corrected chi connectivity index (χ4v) is 5.94. The van der Waals surface area contributed by atoms with Crippen LogP contribution in [0.1, 0.15) is 49.7 Å². The van der Waals surface area contributed by atoms with Crippen molar-refractivity contribution in [1.82, 2.24) is 0 Å². The van der Waals surface area contributed by atoms with Crippen LogP contribution in [-0.2, 0) is 45.8 Å². The lowest BCUT2D eigenvalue weighted by molar-refractivity contribution is -0.351. The SMILES string of the molecule is O=P(OCc1ccccc1)(OCc1ccccc1)C(F)(F)C(O)(O)C(COC1CCCCO1)OC1CCCCO1. The second kappa shape index (κ2) is 14.4. The van der Waals surface area contributed by atoms with Crippen LogP contribution in [-0.4, -0.2) is 60.2 Å². The maximum absolute atomic E-state index is 16.2. The minimum absolute atomic E-state index is 0.323. The van der Waals surface area contributed by atoms with E-state index in [9.17, 15) is 14.8 Å². The molecule has 0 saturated carbocycles. The topological polar surface area (TPSA) is 113 Å². The predicted molar refractivity (Wildman–Crippen MR) is 140 cm³/mol. The van der Waals surface area contributed by atoms with Crippen molar-refractivity contribution in [3.63, 3.8) is 0 Å². The van der Waals surface area contributed by atoms with Crippen LogP contribution in [0.3, 0.4) is 0 Å². The molecule has 40 heavy (non-hydrogen) atoms. The summed E-state index contributed by atoms with van der Waals surface area (Å²) in [6.07, 6.45) is 0.151. The summed E-state index contributed by atoms with van der Waals surface area (Å²) >= 11 is 0. The Morgan fingerprint density at radius 1 is 0.825 bits per heavy atom. The summed E-state index contributed by atoms with van der Waals surface area (Å²) in [5.41, 5.74) is -3.98. The van der Waals surface area contributed by atoms with Gasteiger partial charge in [0.15, 0.2) is 12.6 Å². The van der Waals surface area contributed by atoms with Gasteiger partial charge in [-0.05, 0) is 49.7 Å². The van der Waals surface area contributed by atoms with Gasteiger partial charge in [0.05, 0.1) is 19.8 Å². The minimum atomic E-state index is -5.58. The first kappa shape index (κ1) is 31.2. The monoisotopic (exact) mass is 586 g/mol. The molecule has 2 heterocycles. The summed E-state index contributed by atoms with van der Waals surface area (Å²) in [5, 5.41) is 22.1. The molecule has 0 aromatic heterocycles. The van der Waals surface area contributed by atoms with E-state index in [4.69, 9.17) is 28.0 Å². The van der Waals surface area contributed by atoms with Crippen LogP contribution in [0.4, 0.5) is 8.78 Å². The van der Waals surface area contributed by atoms with E-state index in [0.717, 1.165) is 19.3 Å². The summed E-state index contributed by atoms with van der Waals surface area (Å²) < 4.78 is 79.0. The third kappa shape index (κ3) is 7.94. The van der Waals surface area contributed by atoms with Crippen LogP contribution < -0.4 is 0 Å². The van der Waals surface area contributed by atoms with E-state index in [1.807, 2.05) is 0 Å². The molecule has 2 aliphatic heterocycles. The van der Waals surface area contributed by atoms with Gasteiger partial charge < -0.3 is 29.2 Å². The number of hydrogen-bond acceptors (Lipinski definition) is 9. The average molecular weight is 587 g/mol. The van der Waals surface area contributed by atoms with Crippen molar-refractivity contribution < 1.29 is 51.6 Å². The Hall–Kier alpha value is -1.79. The molecule has 0 radical (unpaired) electrons. The van der Waals surface area contributed by atoms with Gasteiger partial charge in [-0.25, -0.2) is 0 Å². The Labute approximate surface area is 232 Å². The molecule has 9 nitrogen and oxygen atoms in total. The maximum Gasteiger partial charge on any atom is 0.406 e. The number of hydrogen-bond donors (Lipinski definition) is 2. The lowest BCUT2D eigenvalue weighted by Crippen LogP contribution is -2.60. The van der Waals surface area contributed by atoms with E-state index >= 15 is 8.78 Å². The number of alkyl halides is 2. The van der Waals surface area contributed by atoms with Gasteiger partial charge in [-0.3, -0.25) is 13.6 Å². The van der Waals surface area contributed by atoms with E-state index in [0.29, 0.717) is 43.6 Å². The molecule has 4 rings (SSSR count). The van der Waals surface area contributed by atoms with Crippen molar-refractivity contribution in [3.05, 3.63) is 71.8 Å². The maximum atomic E-state index is 16.2. The van der Waals surface area contributed by atoms with Crippen LogP contribution in [0.5, 0.6) is 0 Å². The Bertz CT molecular complexity index is 1010. The molecule has 2 saturated heterocycles. The number of benzene rings is 2. The molecule has 2 fully saturated rings. The van der Waals surface area contributed by atoms with Gasteiger partial charge in [-0.2, -0.15) is 8.78 Å². The molecule has 0 aliphatic carbocycles. The summed E-state index contributed by atoms with van der Waals surface area (Å²) in [6, 6.07) is 16.5. The van der Waals surface area contributed by atoms with Crippen LogP contribution in [0, 0.1) is 0 Å². The van der Waals surface area contributed by atoms with E-state index in [1.165, 1.54) is 0 Å². The van der Waals surface area contributed by atoms with Gasteiger partial charge in [0.2, 0.25) is 0 Å². The van der Waals surface area contributed by atoms with Crippen LogP contribution >= 0.6 is 7.60 Å². The molecule has 2 aromatic rings. The molecule has 222 valence electrons. The molecule has 12 heteroatoms. The third-order valence-electron chi connectivity index (χ3n) is 6.75. The fourth-order valence-electron chi connectivity index (χ4n) is 4.35. The molecular formula is C28H37F2O9P. The highest BCUT2D eigenvalue weighted by Gasteiger charge is 2.71. The second-order valence-corrected chi connectivity index (χ2v) is 11.9. The van der Waals surface area contributed by atoms with Crippen molar-refractivity contribution in [2.24, 2.45) is 0 Å². The van der Waals surface area contributed by atoms with Gasteiger partial charge >= 0.3 is 13.3 Å². The largest absolute Gasteiger partial charge is 0.406 e. The van der Waals surface area contributed by atoms with Crippen molar-refractivity contribution in [3.8, 4) is 0 Å². The smallest absolute Gasteiger partial charge is 0.358 e. The lowest BCUT2D eigenvalue weighted by Gasteiger charge is -2.41. The molecule has 3 atom stereocenters. The lowest BCUT2D eigenvalue weighted by atomic mass is 10.1. The summed E-state index contributed by atoms with van der Waals surface area (Å²) in [7, 11) is -5.58. The highest BCUT2D eigenvalue weighted by molar-refractivity contribution is 7.55. The zero-order chi connectivity index (χ0) is 28.5. The second-order valence-electron chi connectivity index (χ2n) is 9.83. The van der Waals surface area contributed by atoms with Crippen molar-refractivity contribution in [1.29, 1.82) is 0 Å². The van der Waals surface area contributed by atoms with Gasteiger partial charge in [-0.1, -0.05) is 60.7 Å². The average Bonchev–Trinajstić information content (AvgIpc) is 2.99. The number of rotatable bonds is 14. The van der Waals surface area contributed by atoms with Crippen molar-refractivity contribution in [2.45, 2.75) is 81.9 Å². The number of halogens is 2. The molecule has 3 unspecified atom stereocenters. The molecule has 0 amide bonds. The first-order valence-corrected chi connectivity index (χ1v) is 15.1.